The van der Waals surface area contributed by atoms with Crippen LogP contribution in [-0.2, 0) is 29.0 Å². The van der Waals surface area contributed by atoms with Crippen LogP contribution in [0.25, 0.3) is 0 Å². The van der Waals surface area contributed by atoms with E-state index in [-0.39, 0.29) is 4.90 Å². The average Bonchev–Trinajstić information content (AvgIpc) is 3.15. The number of benzene rings is 2. The fourth-order valence-corrected chi connectivity index (χ4v) is 6.15. The van der Waals surface area contributed by atoms with E-state index in [4.69, 9.17) is 0 Å². The van der Waals surface area contributed by atoms with Gasteiger partial charge in [0.15, 0.2) is 0 Å². The van der Waals surface area contributed by atoms with Gasteiger partial charge in [-0.05, 0) is 41.8 Å². The molecule has 5 rings (SSSR count). The highest BCUT2D eigenvalue weighted by Crippen LogP contribution is 2.49. The predicted octanol–water partition coefficient (Wildman–Crippen LogP) is 4.01. The molecule has 150 valence electrons. The van der Waals surface area contributed by atoms with Crippen molar-refractivity contribution >= 4 is 10.0 Å². The molecular weight excluding hydrogens is 403 g/mol. The molecule has 3 heterocycles. The van der Waals surface area contributed by atoms with E-state index < -0.39 is 33.8 Å². The van der Waals surface area contributed by atoms with Crippen molar-refractivity contribution in [3.05, 3.63) is 82.7 Å². The first kappa shape index (κ1) is 18.4. The van der Waals surface area contributed by atoms with Gasteiger partial charge in [0.2, 0.25) is 10.0 Å². The topological polar surface area (TPSA) is 66.1 Å². The second kappa shape index (κ2) is 6.17. The number of H-pyrrole nitrogens is 1. The van der Waals surface area contributed by atoms with E-state index in [9.17, 15) is 21.6 Å². The molecule has 0 saturated carbocycles. The first-order chi connectivity index (χ1) is 13.8. The summed E-state index contributed by atoms with van der Waals surface area (Å²) in [5.41, 5.74) is 2.75. The molecule has 0 radical (unpaired) electrons. The second-order valence-electron chi connectivity index (χ2n) is 7.28. The van der Waals surface area contributed by atoms with Gasteiger partial charge in [0, 0.05) is 18.2 Å². The lowest BCUT2D eigenvalue weighted by Gasteiger charge is -2.45. The molecule has 2 aliphatic rings. The second-order valence-corrected chi connectivity index (χ2v) is 9.13. The number of hydrogen-bond acceptors (Lipinski definition) is 3. The van der Waals surface area contributed by atoms with E-state index in [1.165, 1.54) is 4.31 Å². The standard InChI is InChI=1S/C20H16F3N3O2S/c21-20(22,23)13-5-7-14(8-6-13)29(27,28)26-18-9-12-3-1-2-4-15(12)19(26)10-17-16(18)11-24-25-17/h1-8,11,18-19H,9-10H2,(H,24,25)/t18?,19-/m0/s1. The minimum Gasteiger partial charge on any atom is -0.285 e. The number of aromatic nitrogens is 2. The number of fused-ring (bicyclic) bond motifs is 6. The molecule has 0 amide bonds. The fraction of sp³-hybridized carbons (Fsp3) is 0.250. The first-order valence-corrected chi connectivity index (χ1v) is 10.5. The van der Waals surface area contributed by atoms with Crippen LogP contribution >= 0.6 is 0 Å². The summed E-state index contributed by atoms with van der Waals surface area (Å²) in [5, 5.41) is 7.09. The zero-order valence-electron chi connectivity index (χ0n) is 15.0. The Labute approximate surface area is 165 Å². The van der Waals surface area contributed by atoms with E-state index in [0.717, 1.165) is 46.6 Å². The molecule has 2 aromatic carbocycles. The van der Waals surface area contributed by atoms with Gasteiger partial charge in [-0.3, -0.25) is 5.10 Å². The van der Waals surface area contributed by atoms with Gasteiger partial charge in [0.05, 0.1) is 28.2 Å². The number of halogens is 3. The summed E-state index contributed by atoms with van der Waals surface area (Å²) in [5.74, 6) is 0. The van der Waals surface area contributed by atoms with Crippen LogP contribution in [0.2, 0.25) is 0 Å². The van der Waals surface area contributed by atoms with Gasteiger partial charge in [0.25, 0.3) is 0 Å². The van der Waals surface area contributed by atoms with Crippen molar-refractivity contribution in [2.75, 3.05) is 0 Å². The Balaban J connectivity index is 1.63. The Morgan fingerprint density at radius 3 is 2.38 bits per heavy atom. The van der Waals surface area contributed by atoms with Crippen molar-refractivity contribution in [1.29, 1.82) is 0 Å². The molecule has 0 saturated heterocycles. The molecule has 2 atom stereocenters. The van der Waals surface area contributed by atoms with E-state index in [1.54, 1.807) is 6.20 Å². The summed E-state index contributed by atoms with van der Waals surface area (Å²) >= 11 is 0. The lowest BCUT2D eigenvalue weighted by atomic mass is 9.81. The van der Waals surface area contributed by atoms with Crippen LogP contribution < -0.4 is 0 Å². The van der Waals surface area contributed by atoms with E-state index >= 15 is 0 Å². The first-order valence-electron chi connectivity index (χ1n) is 9.08. The highest BCUT2D eigenvalue weighted by molar-refractivity contribution is 7.89. The molecule has 0 aliphatic carbocycles. The molecule has 0 spiro atoms. The summed E-state index contributed by atoms with van der Waals surface area (Å²) in [4.78, 5) is -0.146. The Bertz CT molecular complexity index is 1190. The molecule has 5 nitrogen and oxygen atoms in total. The maximum absolute atomic E-state index is 13.5. The largest absolute Gasteiger partial charge is 0.416 e. The lowest BCUT2D eigenvalue weighted by Crippen LogP contribution is -2.46. The van der Waals surface area contributed by atoms with Crippen molar-refractivity contribution in [3.8, 4) is 0 Å². The van der Waals surface area contributed by atoms with Gasteiger partial charge >= 0.3 is 6.18 Å². The van der Waals surface area contributed by atoms with Crippen molar-refractivity contribution in [3.63, 3.8) is 0 Å². The van der Waals surface area contributed by atoms with Crippen molar-refractivity contribution < 1.29 is 21.6 Å². The summed E-state index contributed by atoms with van der Waals surface area (Å²) in [6.07, 6.45) is -1.92. The Kier molecular flexibility index (Phi) is 3.91. The van der Waals surface area contributed by atoms with Crippen LogP contribution in [0.3, 0.4) is 0 Å². The minimum absolute atomic E-state index is 0.146. The Morgan fingerprint density at radius 1 is 0.966 bits per heavy atom. The molecule has 1 N–H and O–H groups in total. The van der Waals surface area contributed by atoms with Crippen LogP contribution in [0.1, 0.15) is 40.0 Å². The Morgan fingerprint density at radius 2 is 1.66 bits per heavy atom. The maximum Gasteiger partial charge on any atom is 0.416 e. The monoisotopic (exact) mass is 419 g/mol. The van der Waals surface area contributed by atoms with Crippen LogP contribution in [0.4, 0.5) is 13.2 Å². The number of nitrogens with zero attached hydrogens (tertiary/aromatic N) is 2. The van der Waals surface area contributed by atoms with Crippen LogP contribution in [0, 0.1) is 0 Å². The number of nitrogens with one attached hydrogen (secondary N) is 1. The molecule has 2 bridgehead atoms. The number of hydrogen-bond donors (Lipinski definition) is 1. The summed E-state index contributed by atoms with van der Waals surface area (Å²) in [7, 11) is -4.02. The van der Waals surface area contributed by atoms with Gasteiger partial charge in [-0.2, -0.15) is 22.6 Å². The molecule has 1 aromatic heterocycles. The predicted molar refractivity (Wildman–Crippen MR) is 98.4 cm³/mol. The summed E-state index contributed by atoms with van der Waals surface area (Å²) < 4.78 is 67.1. The fourth-order valence-electron chi connectivity index (χ4n) is 4.38. The van der Waals surface area contributed by atoms with Crippen LogP contribution in [-0.4, -0.2) is 22.9 Å². The molecule has 3 aromatic rings. The van der Waals surface area contributed by atoms with Crippen molar-refractivity contribution in [1.82, 2.24) is 14.5 Å². The molecule has 2 aliphatic heterocycles. The zero-order chi connectivity index (χ0) is 20.4. The van der Waals surface area contributed by atoms with E-state index in [2.05, 4.69) is 10.2 Å². The summed E-state index contributed by atoms with van der Waals surface area (Å²) in [6.45, 7) is 0. The highest BCUT2D eigenvalue weighted by atomic mass is 32.2. The van der Waals surface area contributed by atoms with Crippen molar-refractivity contribution in [2.45, 2.75) is 36.0 Å². The molecule has 29 heavy (non-hydrogen) atoms. The quantitative estimate of drug-likeness (QED) is 0.683. The highest BCUT2D eigenvalue weighted by Gasteiger charge is 2.47. The van der Waals surface area contributed by atoms with Gasteiger partial charge in [-0.1, -0.05) is 24.3 Å². The molecule has 9 heteroatoms. The zero-order valence-corrected chi connectivity index (χ0v) is 15.8. The van der Waals surface area contributed by atoms with Crippen LogP contribution in [0.5, 0.6) is 0 Å². The molecular formula is C20H16F3N3O2S. The van der Waals surface area contributed by atoms with Gasteiger partial charge in [0.1, 0.15) is 0 Å². The average molecular weight is 419 g/mol. The van der Waals surface area contributed by atoms with Crippen LogP contribution in [0.15, 0.2) is 59.6 Å². The third-order valence-corrected chi connectivity index (χ3v) is 7.63. The minimum atomic E-state index is -4.52. The number of sulfonamides is 1. The molecule has 0 fully saturated rings. The normalized spacial score (nSPS) is 21.5. The van der Waals surface area contributed by atoms with Crippen molar-refractivity contribution in [2.24, 2.45) is 0 Å². The smallest absolute Gasteiger partial charge is 0.285 e. The van der Waals surface area contributed by atoms with E-state index in [0.29, 0.717) is 12.8 Å². The summed E-state index contributed by atoms with van der Waals surface area (Å²) in [6, 6.07) is 10.5. The number of rotatable bonds is 2. The molecule has 1 unspecified atom stereocenters. The number of aromatic amines is 1. The Hall–Kier alpha value is -2.65. The number of alkyl halides is 3. The third kappa shape index (κ3) is 2.79. The van der Waals surface area contributed by atoms with Gasteiger partial charge in [-0.25, -0.2) is 8.42 Å². The lowest BCUT2D eigenvalue weighted by molar-refractivity contribution is -0.137. The maximum atomic E-state index is 13.5. The SMILES string of the molecule is O=S(=O)(c1ccc(C(F)(F)F)cc1)N1C2Cc3ccccc3[C@@H]1Cc1n[nH]cc12. The van der Waals surface area contributed by atoms with Gasteiger partial charge < -0.3 is 0 Å². The third-order valence-electron chi connectivity index (χ3n) is 5.70. The van der Waals surface area contributed by atoms with E-state index in [1.807, 2.05) is 24.3 Å². The van der Waals surface area contributed by atoms with Gasteiger partial charge in [-0.15, -0.1) is 0 Å².